The molecule has 0 aromatic heterocycles. The van der Waals surface area contributed by atoms with E-state index in [-0.39, 0.29) is 23.7 Å². The number of nitrogens with zero attached hydrogens (tertiary/aromatic N) is 1. The normalized spacial score (nSPS) is 10.2. The lowest BCUT2D eigenvalue weighted by Gasteiger charge is -2.08. The van der Waals surface area contributed by atoms with Crippen LogP contribution in [0, 0.1) is 10.1 Å². The van der Waals surface area contributed by atoms with Crippen molar-refractivity contribution >= 4 is 27.3 Å². The zero-order valence-electron chi connectivity index (χ0n) is 10.2. The highest BCUT2D eigenvalue weighted by Gasteiger charge is 2.12. The molecule has 3 N–H and O–H groups in total. The van der Waals surface area contributed by atoms with Gasteiger partial charge in [-0.25, -0.2) is 0 Å². The summed E-state index contributed by atoms with van der Waals surface area (Å²) < 4.78 is 0.403. The van der Waals surface area contributed by atoms with Gasteiger partial charge in [0.15, 0.2) is 0 Å². The third-order valence-electron chi connectivity index (χ3n) is 2.69. The second-order valence-electron chi connectivity index (χ2n) is 4.09. The van der Waals surface area contributed by atoms with E-state index in [0.29, 0.717) is 15.7 Å². The van der Waals surface area contributed by atoms with Crippen LogP contribution in [0.2, 0.25) is 0 Å². The van der Waals surface area contributed by atoms with Gasteiger partial charge in [0, 0.05) is 29.9 Å². The van der Waals surface area contributed by atoms with Gasteiger partial charge in [-0.3, -0.25) is 10.1 Å². The molecule has 0 saturated heterocycles. The highest BCUT2D eigenvalue weighted by molar-refractivity contribution is 9.10. The fourth-order valence-corrected chi connectivity index (χ4v) is 2.05. The van der Waals surface area contributed by atoms with Gasteiger partial charge < -0.3 is 15.5 Å². The Morgan fingerprint density at radius 2 is 1.95 bits per heavy atom. The van der Waals surface area contributed by atoms with Gasteiger partial charge in [-0.05, 0) is 40.2 Å². The number of nitrogens with one attached hydrogen (secondary N) is 1. The molecule has 0 aliphatic heterocycles. The van der Waals surface area contributed by atoms with Crippen LogP contribution in [0.25, 0.3) is 0 Å². The summed E-state index contributed by atoms with van der Waals surface area (Å²) in [7, 11) is 0. The molecule has 0 amide bonds. The van der Waals surface area contributed by atoms with Gasteiger partial charge in [0.2, 0.25) is 0 Å². The fraction of sp³-hybridized carbons (Fsp3) is 0.0769. The van der Waals surface area contributed by atoms with E-state index in [1.165, 1.54) is 18.2 Å². The molecule has 0 aliphatic carbocycles. The lowest BCUT2D eigenvalue weighted by molar-refractivity contribution is -0.385. The number of phenols is 2. The van der Waals surface area contributed by atoms with Crippen LogP contribution in [0.5, 0.6) is 11.5 Å². The quantitative estimate of drug-likeness (QED) is 0.586. The second kappa shape index (κ2) is 5.79. The summed E-state index contributed by atoms with van der Waals surface area (Å²) in [5, 5.41) is 32.6. The van der Waals surface area contributed by atoms with E-state index in [9.17, 15) is 20.3 Å². The number of phenolic OH excluding ortho intramolecular Hbond substituents is 2. The molecule has 104 valence electrons. The molecule has 20 heavy (non-hydrogen) atoms. The Balaban J connectivity index is 2.15. The maximum absolute atomic E-state index is 10.8. The van der Waals surface area contributed by atoms with Gasteiger partial charge in [-0.15, -0.1) is 0 Å². The van der Waals surface area contributed by atoms with Crippen molar-refractivity contribution in [2.45, 2.75) is 6.54 Å². The number of hydrogen-bond donors (Lipinski definition) is 3. The predicted molar refractivity (Wildman–Crippen MR) is 77.9 cm³/mol. The lowest BCUT2D eigenvalue weighted by atomic mass is 10.2. The van der Waals surface area contributed by atoms with Crippen molar-refractivity contribution in [2.24, 2.45) is 0 Å². The van der Waals surface area contributed by atoms with E-state index in [2.05, 4.69) is 21.2 Å². The molecule has 0 unspecified atom stereocenters. The summed E-state index contributed by atoms with van der Waals surface area (Å²) in [6, 6.07) is 8.94. The third kappa shape index (κ3) is 3.18. The van der Waals surface area contributed by atoms with Crippen LogP contribution >= 0.6 is 15.9 Å². The Hall–Kier alpha value is -2.28. The van der Waals surface area contributed by atoms with Gasteiger partial charge in [0.25, 0.3) is 5.69 Å². The molecule has 0 saturated carbocycles. The minimum absolute atomic E-state index is 0.0227. The summed E-state index contributed by atoms with van der Waals surface area (Å²) >= 11 is 3.11. The van der Waals surface area contributed by atoms with E-state index in [0.717, 1.165) is 0 Å². The molecule has 0 fully saturated rings. The van der Waals surface area contributed by atoms with E-state index in [1.807, 2.05) is 0 Å². The predicted octanol–water partition coefficient (Wildman–Crippen LogP) is 3.38. The van der Waals surface area contributed by atoms with Gasteiger partial charge in [0.05, 0.1) is 9.40 Å². The summed E-state index contributed by atoms with van der Waals surface area (Å²) in [5.74, 6) is -0.0605. The summed E-state index contributed by atoms with van der Waals surface area (Å²) in [6.45, 7) is 0.283. The molecule has 0 aliphatic rings. The number of nitro benzene ring substituents is 1. The Labute approximate surface area is 123 Å². The van der Waals surface area contributed by atoms with Crippen molar-refractivity contribution in [3.05, 3.63) is 56.5 Å². The topological polar surface area (TPSA) is 95.6 Å². The molecule has 6 nitrogen and oxygen atoms in total. The van der Waals surface area contributed by atoms with Gasteiger partial charge in [-0.2, -0.15) is 0 Å². The Bertz CT molecular complexity index is 661. The molecule has 2 aromatic rings. The summed E-state index contributed by atoms with van der Waals surface area (Å²) in [4.78, 5) is 10.3. The van der Waals surface area contributed by atoms with Crippen molar-refractivity contribution < 1.29 is 15.1 Å². The molecule has 0 heterocycles. The molecule has 7 heteroatoms. The van der Waals surface area contributed by atoms with E-state index in [1.54, 1.807) is 18.2 Å². The Morgan fingerprint density at radius 3 is 2.60 bits per heavy atom. The number of hydrogen-bond acceptors (Lipinski definition) is 5. The van der Waals surface area contributed by atoms with Gasteiger partial charge in [0.1, 0.15) is 11.5 Å². The number of anilines is 1. The van der Waals surface area contributed by atoms with Crippen LogP contribution in [-0.2, 0) is 6.54 Å². The van der Waals surface area contributed by atoms with Gasteiger partial charge >= 0.3 is 0 Å². The molecule has 2 rings (SSSR count). The Kier molecular flexibility index (Phi) is 4.09. The number of nitro groups is 1. The summed E-state index contributed by atoms with van der Waals surface area (Å²) in [5.41, 5.74) is 1.10. The molecule has 2 aromatic carbocycles. The molecular weight excluding hydrogens is 328 g/mol. The van der Waals surface area contributed by atoms with Crippen LogP contribution in [0.4, 0.5) is 11.4 Å². The van der Waals surface area contributed by atoms with Crippen LogP contribution in [-0.4, -0.2) is 15.1 Å². The first-order valence-electron chi connectivity index (χ1n) is 5.66. The van der Waals surface area contributed by atoms with Crippen molar-refractivity contribution in [1.29, 1.82) is 0 Å². The van der Waals surface area contributed by atoms with E-state index >= 15 is 0 Å². The smallest absolute Gasteiger partial charge is 0.285 e. The van der Waals surface area contributed by atoms with Crippen LogP contribution in [0.3, 0.4) is 0 Å². The number of benzene rings is 2. The standard InChI is InChI=1S/C13H11BrN2O4/c14-11-4-2-9(5-12(11)16(19)20)15-7-8-1-3-10(17)6-13(8)18/h1-6,15,17-18H,7H2. The zero-order chi connectivity index (χ0) is 14.7. The number of rotatable bonds is 4. The van der Waals surface area contributed by atoms with Crippen molar-refractivity contribution in [3.8, 4) is 11.5 Å². The molecule has 0 spiro atoms. The maximum Gasteiger partial charge on any atom is 0.285 e. The van der Waals surface area contributed by atoms with Gasteiger partial charge in [-0.1, -0.05) is 0 Å². The van der Waals surface area contributed by atoms with Crippen LogP contribution in [0.1, 0.15) is 5.56 Å². The molecular formula is C13H11BrN2O4. The highest BCUT2D eigenvalue weighted by atomic mass is 79.9. The van der Waals surface area contributed by atoms with Crippen LogP contribution < -0.4 is 5.32 Å². The maximum atomic E-state index is 10.8. The SMILES string of the molecule is O=[N+]([O-])c1cc(NCc2ccc(O)cc2O)ccc1Br. The number of halogens is 1. The fourth-order valence-electron chi connectivity index (χ4n) is 1.66. The Morgan fingerprint density at radius 1 is 1.20 bits per heavy atom. The summed E-state index contributed by atoms with van der Waals surface area (Å²) in [6.07, 6.45) is 0. The molecule has 0 bridgehead atoms. The highest BCUT2D eigenvalue weighted by Crippen LogP contribution is 2.29. The first kappa shape index (κ1) is 14.1. The minimum Gasteiger partial charge on any atom is -0.508 e. The van der Waals surface area contributed by atoms with Crippen molar-refractivity contribution in [3.63, 3.8) is 0 Å². The van der Waals surface area contributed by atoms with Crippen molar-refractivity contribution in [2.75, 3.05) is 5.32 Å². The zero-order valence-corrected chi connectivity index (χ0v) is 11.8. The monoisotopic (exact) mass is 338 g/mol. The number of aromatic hydroxyl groups is 2. The second-order valence-corrected chi connectivity index (χ2v) is 4.94. The average Bonchev–Trinajstić information content (AvgIpc) is 2.39. The van der Waals surface area contributed by atoms with Crippen LogP contribution in [0.15, 0.2) is 40.9 Å². The van der Waals surface area contributed by atoms with E-state index < -0.39 is 4.92 Å². The largest absolute Gasteiger partial charge is 0.508 e. The third-order valence-corrected chi connectivity index (χ3v) is 3.37. The molecule has 0 atom stereocenters. The average molecular weight is 339 g/mol. The lowest BCUT2D eigenvalue weighted by Crippen LogP contribution is -2.00. The molecule has 0 radical (unpaired) electrons. The first-order valence-corrected chi connectivity index (χ1v) is 6.45. The first-order chi connectivity index (χ1) is 9.47. The van der Waals surface area contributed by atoms with Crippen molar-refractivity contribution in [1.82, 2.24) is 0 Å². The minimum atomic E-state index is -0.479. The van der Waals surface area contributed by atoms with E-state index in [4.69, 9.17) is 0 Å².